The summed E-state index contributed by atoms with van der Waals surface area (Å²) in [6, 6.07) is -0.0107. The number of hydrogen-bond acceptors (Lipinski definition) is 3. The minimum absolute atomic E-state index is 0.0107. The zero-order valence-corrected chi connectivity index (χ0v) is 14.5. The van der Waals surface area contributed by atoms with Gasteiger partial charge in [-0.25, -0.2) is 0 Å². The first-order valence-corrected chi connectivity index (χ1v) is 8.67. The molecule has 0 saturated carbocycles. The van der Waals surface area contributed by atoms with Crippen LogP contribution in [0, 0.1) is 11.8 Å². The van der Waals surface area contributed by atoms with Crippen molar-refractivity contribution in [2.75, 3.05) is 19.8 Å². The van der Waals surface area contributed by atoms with Crippen LogP contribution in [-0.4, -0.2) is 42.8 Å². The maximum absolute atomic E-state index is 12.6. The van der Waals surface area contributed by atoms with Crippen LogP contribution in [0.1, 0.15) is 60.3 Å². The Morgan fingerprint density at radius 2 is 1.86 bits per heavy atom. The molecule has 1 fully saturated rings. The zero-order valence-electron chi connectivity index (χ0n) is 14.5. The van der Waals surface area contributed by atoms with Crippen molar-refractivity contribution < 1.29 is 9.53 Å². The molecule has 0 aliphatic carbocycles. The van der Waals surface area contributed by atoms with Crippen LogP contribution in [0.2, 0.25) is 0 Å². The number of unbranched alkanes of at least 4 members (excludes halogenated alkanes) is 1. The topological polar surface area (TPSA) is 41.6 Å². The second kappa shape index (κ2) is 9.42. The first-order valence-electron chi connectivity index (χ1n) is 8.67. The number of amides is 1. The van der Waals surface area contributed by atoms with Gasteiger partial charge in [-0.1, -0.05) is 47.5 Å². The first-order chi connectivity index (χ1) is 10.0. The Bertz CT molecular complexity index is 307. The van der Waals surface area contributed by atoms with Crippen LogP contribution in [-0.2, 0) is 9.53 Å². The van der Waals surface area contributed by atoms with E-state index in [-0.39, 0.29) is 18.1 Å². The Hall–Kier alpha value is -0.610. The van der Waals surface area contributed by atoms with Crippen molar-refractivity contribution in [1.29, 1.82) is 0 Å². The normalized spacial score (nSPS) is 24.1. The van der Waals surface area contributed by atoms with Gasteiger partial charge in [0, 0.05) is 19.8 Å². The third-order valence-corrected chi connectivity index (χ3v) is 4.41. The Balaban J connectivity index is 2.47. The lowest BCUT2D eigenvalue weighted by Gasteiger charge is -2.27. The van der Waals surface area contributed by atoms with Gasteiger partial charge in [-0.15, -0.1) is 0 Å². The predicted molar refractivity (Wildman–Crippen MR) is 87.1 cm³/mol. The second-order valence-electron chi connectivity index (χ2n) is 6.57. The highest BCUT2D eigenvalue weighted by Gasteiger charge is 2.41. The van der Waals surface area contributed by atoms with E-state index in [2.05, 4.69) is 39.9 Å². The summed E-state index contributed by atoms with van der Waals surface area (Å²) in [5.41, 5.74) is 0. The van der Waals surface area contributed by atoms with Crippen LogP contribution >= 0.6 is 0 Å². The van der Waals surface area contributed by atoms with E-state index in [1.54, 1.807) is 0 Å². The van der Waals surface area contributed by atoms with E-state index in [9.17, 15) is 4.79 Å². The molecule has 0 spiro atoms. The van der Waals surface area contributed by atoms with E-state index >= 15 is 0 Å². The van der Waals surface area contributed by atoms with Crippen LogP contribution in [0.25, 0.3) is 0 Å². The molecule has 4 nitrogen and oxygen atoms in total. The molecule has 1 rings (SSSR count). The van der Waals surface area contributed by atoms with E-state index in [4.69, 9.17) is 4.74 Å². The Morgan fingerprint density at radius 3 is 2.43 bits per heavy atom. The molecule has 1 aliphatic heterocycles. The fourth-order valence-electron chi connectivity index (χ4n) is 2.79. The monoisotopic (exact) mass is 298 g/mol. The van der Waals surface area contributed by atoms with E-state index < -0.39 is 0 Å². The maximum atomic E-state index is 12.6. The highest BCUT2D eigenvalue weighted by atomic mass is 16.5. The standard InChI is InChI=1S/C17H34N2O2/c1-6-8-11-21-12-9-10-19-16(13(3)4)18-15(17(19)20)14(5)7-2/h13-16,18H,6-12H2,1-5H3. The highest BCUT2D eigenvalue weighted by Crippen LogP contribution is 2.23. The van der Waals surface area contributed by atoms with Gasteiger partial charge in [0.25, 0.3) is 0 Å². The summed E-state index contributed by atoms with van der Waals surface area (Å²) in [5, 5.41) is 3.54. The number of hydrogen-bond donors (Lipinski definition) is 1. The number of nitrogens with zero attached hydrogens (tertiary/aromatic N) is 1. The van der Waals surface area contributed by atoms with E-state index in [1.165, 1.54) is 6.42 Å². The average Bonchev–Trinajstić information content (AvgIpc) is 2.79. The van der Waals surface area contributed by atoms with Crippen LogP contribution in [0.15, 0.2) is 0 Å². The molecule has 0 aromatic rings. The molecule has 1 N–H and O–H groups in total. The molecule has 124 valence electrons. The fourth-order valence-corrected chi connectivity index (χ4v) is 2.79. The number of carbonyl (C=O) groups excluding carboxylic acids is 1. The third kappa shape index (κ3) is 5.26. The summed E-state index contributed by atoms with van der Waals surface area (Å²) in [6.45, 7) is 13.2. The number of rotatable bonds is 10. The lowest BCUT2D eigenvalue weighted by Crippen LogP contribution is -2.42. The first kappa shape index (κ1) is 18.4. The summed E-state index contributed by atoms with van der Waals surface area (Å²) >= 11 is 0. The van der Waals surface area contributed by atoms with Gasteiger partial charge in [-0.2, -0.15) is 0 Å². The van der Waals surface area contributed by atoms with Crippen LogP contribution in [0.3, 0.4) is 0 Å². The molecular weight excluding hydrogens is 264 g/mol. The van der Waals surface area contributed by atoms with E-state index in [0.29, 0.717) is 11.8 Å². The van der Waals surface area contributed by atoms with Crippen LogP contribution < -0.4 is 5.32 Å². The average molecular weight is 298 g/mol. The molecule has 1 saturated heterocycles. The minimum atomic E-state index is -0.0107. The molecular formula is C17H34N2O2. The molecule has 4 heteroatoms. The van der Waals surface area contributed by atoms with Gasteiger partial charge < -0.3 is 9.64 Å². The van der Waals surface area contributed by atoms with Crippen molar-refractivity contribution in [1.82, 2.24) is 10.2 Å². The number of carbonyl (C=O) groups is 1. The van der Waals surface area contributed by atoms with Gasteiger partial charge in [-0.05, 0) is 24.7 Å². The Morgan fingerprint density at radius 1 is 1.19 bits per heavy atom. The van der Waals surface area contributed by atoms with Gasteiger partial charge >= 0.3 is 0 Å². The molecule has 0 aromatic carbocycles. The van der Waals surface area contributed by atoms with Crippen molar-refractivity contribution in [2.24, 2.45) is 11.8 Å². The van der Waals surface area contributed by atoms with Crippen molar-refractivity contribution in [3.8, 4) is 0 Å². The van der Waals surface area contributed by atoms with Crippen molar-refractivity contribution >= 4 is 5.91 Å². The summed E-state index contributed by atoms with van der Waals surface area (Å²) in [7, 11) is 0. The summed E-state index contributed by atoms with van der Waals surface area (Å²) in [5.74, 6) is 1.10. The zero-order chi connectivity index (χ0) is 15.8. The Kier molecular flexibility index (Phi) is 8.27. The largest absolute Gasteiger partial charge is 0.381 e. The molecule has 21 heavy (non-hydrogen) atoms. The van der Waals surface area contributed by atoms with E-state index in [0.717, 1.165) is 39.0 Å². The molecule has 1 heterocycles. The van der Waals surface area contributed by atoms with Crippen molar-refractivity contribution in [3.63, 3.8) is 0 Å². The molecule has 1 amide bonds. The van der Waals surface area contributed by atoms with E-state index in [1.807, 2.05) is 4.90 Å². The molecule has 0 aromatic heterocycles. The van der Waals surface area contributed by atoms with Crippen LogP contribution in [0.4, 0.5) is 0 Å². The van der Waals surface area contributed by atoms with Gasteiger partial charge in [0.1, 0.15) is 0 Å². The maximum Gasteiger partial charge on any atom is 0.241 e. The molecule has 1 aliphatic rings. The number of ether oxygens (including phenoxy) is 1. The summed E-state index contributed by atoms with van der Waals surface area (Å²) in [6.07, 6.45) is 4.41. The molecule has 0 bridgehead atoms. The molecule has 3 unspecified atom stereocenters. The number of nitrogens with one attached hydrogen (secondary N) is 1. The summed E-state index contributed by atoms with van der Waals surface area (Å²) in [4.78, 5) is 14.6. The minimum Gasteiger partial charge on any atom is -0.381 e. The van der Waals surface area contributed by atoms with Gasteiger partial charge in [0.05, 0.1) is 12.2 Å². The predicted octanol–water partition coefficient (Wildman–Crippen LogP) is 3.02. The highest BCUT2D eigenvalue weighted by molar-refractivity contribution is 5.84. The SMILES string of the molecule is CCCCOCCCN1C(=O)C(C(C)CC)NC1C(C)C. The Labute approximate surface area is 130 Å². The smallest absolute Gasteiger partial charge is 0.241 e. The van der Waals surface area contributed by atoms with Crippen molar-refractivity contribution in [2.45, 2.75) is 72.5 Å². The summed E-state index contributed by atoms with van der Waals surface area (Å²) < 4.78 is 5.60. The van der Waals surface area contributed by atoms with Gasteiger partial charge in [0.15, 0.2) is 0 Å². The lowest BCUT2D eigenvalue weighted by atomic mass is 9.99. The lowest BCUT2D eigenvalue weighted by molar-refractivity contribution is -0.131. The second-order valence-corrected chi connectivity index (χ2v) is 6.57. The van der Waals surface area contributed by atoms with Gasteiger partial charge in [0.2, 0.25) is 5.91 Å². The van der Waals surface area contributed by atoms with Gasteiger partial charge in [-0.3, -0.25) is 10.1 Å². The molecule has 0 radical (unpaired) electrons. The fraction of sp³-hybridized carbons (Fsp3) is 0.941. The molecule has 3 atom stereocenters. The third-order valence-electron chi connectivity index (χ3n) is 4.41. The van der Waals surface area contributed by atoms with Crippen LogP contribution in [0.5, 0.6) is 0 Å². The van der Waals surface area contributed by atoms with Crippen molar-refractivity contribution in [3.05, 3.63) is 0 Å². The quantitative estimate of drug-likeness (QED) is 0.630.